The van der Waals surface area contributed by atoms with E-state index in [1.165, 1.54) is 32.1 Å². The molecule has 100 valence electrons. The minimum absolute atomic E-state index is 0.286. The molecule has 1 fully saturated rings. The molecule has 0 aromatic heterocycles. The standard InChI is InChI=1S/C13H27N3O/c1-10-3-5-12(6-4-10)7-8-15-11(2)9-13(14)16-17/h10-12,15,17H,3-9H2,1-2H3,(H2,14,16). The van der Waals surface area contributed by atoms with Crippen LogP contribution in [0.15, 0.2) is 5.16 Å². The van der Waals surface area contributed by atoms with Gasteiger partial charge in [-0.2, -0.15) is 0 Å². The summed E-state index contributed by atoms with van der Waals surface area (Å²) in [6.45, 7) is 5.47. The Bertz CT molecular complexity index is 235. The lowest BCUT2D eigenvalue weighted by Gasteiger charge is -2.26. The highest BCUT2D eigenvalue weighted by molar-refractivity contribution is 5.80. The SMILES string of the molecule is CC1CCC(CCNC(C)CC(N)=NO)CC1. The number of hydrogen-bond donors (Lipinski definition) is 3. The average molecular weight is 241 g/mol. The lowest BCUT2D eigenvalue weighted by atomic mass is 9.81. The second kappa shape index (κ2) is 7.54. The van der Waals surface area contributed by atoms with Crippen molar-refractivity contribution < 1.29 is 5.21 Å². The van der Waals surface area contributed by atoms with Crippen molar-refractivity contribution in [2.24, 2.45) is 22.7 Å². The zero-order valence-corrected chi connectivity index (χ0v) is 11.2. The zero-order chi connectivity index (χ0) is 12.7. The summed E-state index contributed by atoms with van der Waals surface area (Å²) in [6, 6.07) is 0.286. The maximum atomic E-state index is 8.47. The first-order valence-electron chi connectivity index (χ1n) is 6.81. The monoisotopic (exact) mass is 241 g/mol. The number of amidine groups is 1. The third-order valence-electron chi connectivity index (χ3n) is 3.82. The van der Waals surface area contributed by atoms with Crippen LogP contribution in [0, 0.1) is 11.8 Å². The highest BCUT2D eigenvalue weighted by Crippen LogP contribution is 2.29. The molecule has 4 nitrogen and oxygen atoms in total. The van der Waals surface area contributed by atoms with Gasteiger partial charge in [0.2, 0.25) is 0 Å². The van der Waals surface area contributed by atoms with E-state index in [1.807, 2.05) is 0 Å². The van der Waals surface area contributed by atoms with E-state index >= 15 is 0 Å². The number of rotatable bonds is 6. The largest absolute Gasteiger partial charge is 0.409 e. The van der Waals surface area contributed by atoms with Gasteiger partial charge in [-0.25, -0.2) is 0 Å². The quantitative estimate of drug-likeness (QED) is 0.289. The van der Waals surface area contributed by atoms with Crippen LogP contribution in [0.3, 0.4) is 0 Å². The Morgan fingerprint density at radius 1 is 1.41 bits per heavy atom. The molecule has 1 aliphatic carbocycles. The van der Waals surface area contributed by atoms with Crippen LogP contribution in [0.4, 0.5) is 0 Å². The minimum atomic E-state index is 0.286. The third-order valence-corrected chi connectivity index (χ3v) is 3.82. The van der Waals surface area contributed by atoms with Gasteiger partial charge in [-0.05, 0) is 31.7 Å². The van der Waals surface area contributed by atoms with Crippen molar-refractivity contribution in [1.29, 1.82) is 0 Å². The number of nitrogens with one attached hydrogen (secondary N) is 1. The van der Waals surface area contributed by atoms with Gasteiger partial charge >= 0.3 is 0 Å². The van der Waals surface area contributed by atoms with Crippen LogP contribution < -0.4 is 11.1 Å². The highest BCUT2D eigenvalue weighted by Gasteiger charge is 2.17. The smallest absolute Gasteiger partial charge is 0.140 e. The Morgan fingerprint density at radius 3 is 2.65 bits per heavy atom. The summed E-state index contributed by atoms with van der Waals surface area (Å²) in [6.07, 6.45) is 7.43. The molecule has 1 saturated carbocycles. The molecule has 4 N–H and O–H groups in total. The molecule has 0 spiro atoms. The van der Waals surface area contributed by atoms with Gasteiger partial charge in [-0.3, -0.25) is 0 Å². The first-order valence-corrected chi connectivity index (χ1v) is 6.81. The second-order valence-electron chi connectivity index (χ2n) is 5.57. The molecule has 1 rings (SSSR count). The third kappa shape index (κ3) is 5.91. The van der Waals surface area contributed by atoms with E-state index in [0.29, 0.717) is 12.3 Å². The predicted octanol–water partition coefficient (Wildman–Crippen LogP) is 2.32. The molecule has 4 heteroatoms. The van der Waals surface area contributed by atoms with Gasteiger partial charge in [0.1, 0.15) is 5.84 Å². The van der Waals surface area contributed by atoms with Crippen LogP contribution in [0.5, 0.6) is 0 Å². The summed E-state index contributed by atoms with van der Waals surface area (Å²) in [5.41, 5.74) is 5.46. The van der Waals surface area contributed by atoms with Gasteiger partial charge in [-0.15, -0.1) is 0 Å². The van der Waals surface area contributed by atoms with Crippen molar-refractivity contribution in [2.75, 3.05) is 6.54 Å². The van der Waals surface area contributed by atoms with Crippen LogP contribution in [0.1, 0.15) is 52.4 Å². The average Bonchev–Trinajstić information content (AvgIpc) is 2.31. The number of nitrogens with zero attached hydrogens (tertiary/aromatic N) is 1. The maximum absolute atomic E-state index is 8.47. The van der Waals surface area contributed by atoms with E-state index < -0.39 is 0 Å². The lowest BCUT2D eigenvalue weighted by Crippen LogP contribution is -2.32. The summed E-state index contributed by atoms with van der Waals surface area (Å²) >= 11 is 0. The highest BCUT2D eigenvalue weighted by atomic mass is 16.4. The van der Waals surface area contributed by atoms with Crippen LogP contribution in [-0.4, -0.2) is 23.6 Å². The molecular formula is C13H27N3O. The molecule has 0 bridgehead atoms. The van der Waals surface area contributed by atoms with Crippen molar-refractivity contribution >= 4 is 5.84 Å². The van der Waals surface area contributed by atoms with Crippen molar-refractivity contribution in [3.05, 3.63) is 0 Å². The lowest BCUT2D eigenvalue weighted by molar-refractivity contribution is 0.273. The molecule has 1 atom stereocenters. The summed E-state index contributed by atoms with van der Waals surface area (Å²) in [5.74, 6) is 2.13. The van der Waals surface area contributed by atoms with Gasteiger partial charge in [0, 0.05) is 12.5 Å². The van der Waals surface area contributed by atoms with Gasteiger partial charge in [0.15, 0.2) is 0 Å². The molecule has 0 aromatic carbocycles. The Balaban J connectivity index is 2.07. The number of nitrogens with two attached hydrogens (primary N) is 1. The fraction of sp³-hybridized carbons (Fsp3) is 0.923. The molecule has 0 aliphatic heterocycles. The van der Waals surface area contributed by atoms with Crippen molar-refractivity contribution in [3.8, 4) is 0 Å². The van der Waals surface area contributed by atoms with Gasteiger partial charge < -0.3 is 16.3 Å². The van der Waals surface area contributed by atoms with Gasteiger partial charge in [-0.1, -0.05) is 37.8 Å². The molecule has 1 unspecified atom stereocenters. The molecule has 0 amide bonds. The van der Waals surface area contributed by atoms with Crippen LogP contribution in [0.25, 0.3) is 0 Å². The van der Waals surface area contributed by atoms with Crippen LogP contribution >= 0.6 is 0 Å². The first-order chi connectivity index (χ1) is 8.11. The zero-order valence-electron chi connectivity index (χ0n) is 11.2. The summed E-state index contributed by atoms with van der Waals surface area (Å²) in [4.78, 5) is 0. The van der Waals surface area contributed by atoms with Gasteiger partial charge in [0.05, 0.1) is 0 Å². The molecule has 17 heavy (non-hydrogen) atoms. The van der Waals surface area contributed by atoms with Crippen molar-refractivity contribution in [2.45, 2.75) is 58.4 Å². The van der Waals surface area contributed by atoms with Crippen molar-refractivity contribution in [3.63, 3.8) is 0 Å². The molecule has 0 saturated heterocycles. The summed E-state index contributed by atoms with van der Waals surface area (Å²) in [5, 5.41) is 14.9. The number of oxime groups is 1. The molecular weight excluding hydrogens is 214 g/mol. The fourth-order valence-corrected chi connectivity index (χ4v) is 2.58. The van der Waals surface area contributed by atoms with E-state index in [1.54, 1.807) is 0 Å². The fourth-order valence-electron chi connectivity index (χ4n) is 2.58. The van der Waals surface area contributed by atoms with E-state index in [0.717, 1.165) is 18.4 Å². The van der Waals surface area contributed by atoms with Gasteiger partial charge in [0.25, 0.3) is 0 Å². The number of hydrogen-bond acceptors (Lipinski definition) is 3. The Morgan fingerprint density at radius 2 is 2.06 bits per heavy atom. The van der Waals surface area contributed by atoms with E-state index in [2.05, 4.69) is 24.3 Å². The van der Waals surface area contributed by atoms with Crippen LogP contribution in [0.2, 0.25) is 0 Å². The van der Waals surface area contributed by atoms with Crippen molar-refractivity contribution in [1.82, 2.24) is 5.32 Å². The molecule has 0 heterocycles. The maximum Gasteiger partial charge on any atom is 0.140 e. The summed E-state index contributed by atoms with van der Waals surface area (Å²) < 4.78 is 0. The molecule has 0 radical (unpaired) electrons. The topological polar surface area (TPSA) is 70.6 Å². The van der Waals surface area contributed by atoms with Crippen LogP contribution in [-0.2, 0) is 0 Å². The van der Waals surface area contributed by atoms with E-state index in [-0.39, 0.29) is 6.04 Å². The summed E-state index contributed by atoms with van der Waals surface area (Å²) in [7, 11) is 0. The molecule has 0 aromatic rings. The Labute approximate surface area is 105 Å². The Hall–Kier alpha value is -0.770. The predicted molar refractivity (Wildman–Crippen MR) is 71.2 cm³/mol. The van der Waals surface area contributed by atoms with E-state index in [4.69, 9.17) is 10.9 Å². The second-order valence-corrected chi connectivity index (χ2v) is 5.57. The normalized spacial score (nSPS) is 28.0. The minimum Gasteiger partial charge on any atom is -0.409 e. The van der Waals surface area contributed by atoms with E-state index in [9.17, 15) is 0 Å². The Kier molecular flexibility index (Phi) is 6.34. The first kappa shape index (κ1) is 14.3. The molecule has 1 aliphatic rings.